The summed E-state index contributed by atoms with van der Waals surface area (Å²) in [6.07, 6.45) is 9.39. The molecule has 0 saturated carbocycles. The van der Waals surface area contributed by atoms with Crippen LogP contribution in [0.25, 0.3) is 0 Å². The quantitative estimate of drug-likeness (QED) is 0.522. The lowest BCUT2D eigenvalue weighted by Crippen LogP contribution is -2.33. The highest BCUT2D eigenvalue weighted by molar-refractivity contribution is 7.89. The first-order valence-electron chi connectivity index (χ1n) is 11.0. The van der Waals surface area contributed by atoms with E-state index in [1.165, 1.54) is 0 Å². The van der Waals surface area contributed by atoms with Crippen molar-refractivity contribution in [1.82, 2.24) is 4.31 Å². The van der Waals surface area contributed by atoms with Gasteiger partial charge in [-0.3, -0.25) is 0 Å². The van der Waals surface area contributed by atoms with Gasteiger partial charge >= 0.3 is 0 Å². The first kappa shape index (κ1) is 21.3. The molecule has 2 aromatic rings. The van der Waals surface area contributed by atoms with Crippen LogP contribution in [0.15, 0.2) is 53.4 Å². The Morgan fingerprint density at radius 2 is 1.71 bits per heavy atom. The van der Waals surface area contributed by atoms with Crippen molar-refractivity contribution < 1.29 is 8.42 Å². The Hall–Kier alpha value is -1.53. The second-order valence-corrected chi connectivity index (χ2v) is 11.5. The van der Waals surface area contributed by atoms with Crippen molar-refractivity contribution in [2.75, 3.05) is 18.4 Å². The third kappa shape index (κ3) is 3.91. The van der Waals surface area contributed by atoms with E-state index < -0.39 is 10.0 Å². The highest BCUT2D eigenvalue weighted by atomic mass is 35.5. The lowest BCUT2D eigenvalue weighted by atomic mass is 9.77. The van der Waals surface area contributed by atoms with Gasteiger partial charge in [-0.15, -0.1) is 0 Å². The van der Waals surface area contributed by atoms with Crippen molar-refractivity contribution in [2.24, 2.45) is 5.92 Å². The Morgan fingerprint density at radius 1 is 0.935 bits per heavy atom. The minimum absolute atomic E-state index is 0.0466. The molecule has 5 rings (SSSR count). The minimum atomic E-state index is -3.48. The monoisotopic (exact) mass is 476 g/mol. The zero-order chi connectivity index (χ0) is 21.6. The molecule has 2 aromatic carbocycles. The molecule has 3 unspecified atom stereocenters. The largest absolute Gasteiger partial charge is 0.378 e. The lowest BCUT2D eigenvalue weighted by molar-refractivity contribution is 0.420. The van der Waals surface area contributed by atoms with E-state index in [2.05, 4.69) is 17.5 Å². The van der Waals surface area contributed by atoms with Gasteiger partial charge in [-0.1, -0.05) is 54.3 Å². The number of nitrogens with zero attached hydrogens (tertiary/aromatic N) is 1. The van der Waals surface area contributed by atoms with Crippen LogP contribution in [0, 0.1) is 5.92 Å². The zero-order valence-corrected chi connectivity index (χ0v) is 19.6. The van der Waals surface area contributed by atoms with Gasteiger partial charge in [0.15, 0.2) is 0 Å². The van der Waals surface area contributed by atoms with E-state index in [9.17, 15) is 8.42 Å². The molecule has 0 aromatic heterocycles. The normalized spacial score (nSPS) is 26.1. The van der Waals surface area contributed by atoms with Crippen molar-refractivity contribution in [3.05, 3.63) is 69.7 Å². The van der Waals surface area contributed by atoms with E-state index in [0.29, 0.717) is 28.0 Å². The molecule has 0 spiro atoms. The number of rotatable bonds is 3. The fourth-order valence-electron chi connectivity index (χ4n) is 5.23. The Kier molecular flexibility index (Phi) is 5.80. The summed E-state index contributed by atoms with van der Waals surface area (Å²) in [4.78, 5) is 0.400. The van der Waals surface area contributed by atoms with E-state index in [0.717, 1.165) is 48.9 Å². The van der Waals surface area contributed by atoms with Gasteiger partial charge in [0.2, 0.25) is 10.0 Å². The standard InChI is InChI=1S/C24H26Cl2N2O2S/c25-16-8-10-20(22(26)14-16)24-19-7-5-6-18(19)21-15-17(9-11-23(21)27-24)31(29,30)28-12-3-1-2-4-13-28/h5-6,8-11,14-15,18-19,24,27H,1-4,7,12-13H2. The summed E-state index contributed by atoms with van der Waals surface area (Å²) in [5, 5.41) is 4.91. The summed E-state index contributed by atoms with van der Waals surface area (Å²) in [7, 11) is -3.48. The molecule has 7 heteroatoms. The van der Waals surface area contributed by atoms with Crippen molar-refractivity contribution in [3.63, 3.8) is 0 Å². The van der Waals surface area contributed by atoms with Crippen LogP contribution >= 0.6 is 23.2 Å². The minimum Gasteiger partial charge on any atom is -0.378 e. The molecule has 164 valence electrons. The molecule has 2 aliphatic heterocycles. The van der Waals surface area contributed by atoms with Gasteiger partial charge in [-0.05, 0) is 66.6 Å². The number of benzene rings is 2. The smallest absolute Gasteiger partial charge is 0.243 e. The highest BCUT2D eigenvalue weighted by Gasteiger charge is 2.39. The first-order chi connectivity index (χ1) is 14.9. The topological polar surface area (TPSA) is 49.4 Å². The molecule has 1 saturated heterocycles. The Bertz CT molecular complexity index is 1120. The summed E-state index contributed by atoms with van der Waals surface area (Å²) < 4.78 is 28.3. The van der Waals surface area contributed by atoms with Gasteiger partial charge in [0.1, 0.15) is 0 Å². The number of hydrogen-bond donors (Lipinski definition) is 1. The van der Waals surface area contributed by atoms with Crippen LogP contribution < -0.4 is 5.32 Å². The second-order valence-electron chi connectivity index (χ2n) is 8.71. The molecule has 0 radical (unpaired) electrons. The van der Waals surface area contributed by atoms with E-state index in [1.54, 1.807) is 16.4 Å². The predicted octanol–water partition coefficient (Wildman–Crippen LogP) is 6.38. The number of sulfonamides is 1. The van der Waals surface area contributed by atoms with Gasteiger partial charge in [-0.2, -0.15) is 4.31 Å². The number of nitrogens with one attached hydrogen (secondary N) is 1. The fraction of sp³-hybridized carbons (Fsp3) is 0.417. The Morgan fingerprint density at radius 3 is 2.45 bits per heavy atom. The second kappa shape index (κ2) is 8.43. The average molecular weight is 477 g/mol. The molecular formula is C24H26Cl2N2O2S. The lowest BCUT2D eigenvalue weighted by Gasteiger charge is -2.38. The average Bonchev–Trinajstić information content (AvgIpc) is 3.08. The Balaban J connectivity index is 1.51. The van der Waals surface area contributed by atoms with Crippen LogP contribution in [0.2, 0.25) is 10.0 Å². The van der Waals surface area contributed by atoms with Crippen molar-refractivity contribution in [2.45, 2.75) is 49.0 Å². The van der Waals surface area contributed by atoms with Crippen molar-refractivity contribution in [3.8, 4) is 0 Å². The fourth-order valence-corrected chi connectivity index (χ4v) is 7.30. The van der Waals surface area contributed by atoms with Gasteiger partial charge in [0, 0.05) is 34.7 Å². The number of anilines is 1. The number of fused-ring (bicyclic) bond motifs is 3. The number of hydrogen-bond acceptors (Lipinski definition) is 3. The van der Waals surface area contributed by atoms with Gasteiger partial charge in [0.25, 0.3) is 0 Å². The molecule has 3 atom stereocenters. The van der Waals surface area contributed by atoms with E-state index in [-0.39, 0.29) is 17.9 Å². The van der Waals surface area contributed by atoms with E-state index >= 15 is 0 Å². The summed E-state index contributed by atoms with van der Waals surface area (Å²) in [5.41, 5.74) is 3.05. The zero-order valence-electron chi connectivity index (χ0n) is 17.2. The van der Waals surface area contributed by atoms with Crippen LogP contribution in [0.1, 0.15) is 55.2 Å². The summed E-state index contributed by atoms with van der Waals surface area (Å²) in [6.45, 7) is 1.22. The molecule has 0 bridgehead atoms. The summed E-state index contributed by atoms with van der Waals surface area (Å²) in [6, 6.07) is 11.2. The molecule has 0 amide bonds. The first-order valence-corrected chi connectivity index (χ1v) is 13.2. The number of allylic oxidation sites excluding steroid dienone is 2. The van der Waals surface area contributed by atoms with E-state index in [4.69, 9.17) is 23.2 Å². The predicted molar refractivity (Wildman–Crippen MR) is 126 cm³/mol. The molecule has 1 aliphatic carbocycles. The molecule has 4 nitrogen and oxygen atoms in total. The Labute approximate surface area is 194 Å². The third-order valence-electron chi connectivity index (χ3n) is 6.83. The molecule has 3 aliphatic rings. The third-order valence-corrected chi connectivity index (χ3v) is 9.29. The maximum absolute atomic E-state index is 13.3. The molecule has 1 fully saturated rings. The molecular weight excluding hydrogens is 451 g/mol. The van der Waals surface area contributed by atoms with Crippen molar-refractivity contribution in [1.29, 1.82) is 0 Å². The van der Waals surface area contributed by atoms with Crippen LogP contribution in [-0.4, -0.2) is 25.8 Å². The maximum Gasteiger partial charge on any atom is 0.243 e. The van der Waals surface area contributed by atoms with Gasteiger partial charge < -0.3 is 5.32 Å². The van der Waals surface area contributed by atoms with E-state index in [1.807, 2.05) is 24.3 Å². The maximum atomic E-state index is 13.3. The SMILES string of the molecule is O=S(=O)(c1ccc2c(c1)C1C=CCC1C(c1ccc(Cl)cc1Cl)N2)N1CCCCCC1. The summed E-state index contributed by atoms with van der Waals surface area (Å²) in [5.74, 6) is 0.439. The van der Waals surface area contributed by atoms with Crippen LogP contribution in [-0.2, 0) is 10.0 Å². The number of halogens is 2. The van der Waals surface area contributed by atoms with Gasteiger partial charge in [-0.25, -0.2) is 8.42 Å². The van der Waals surface area contributed by atoms with Gasteiger partial charge in [0.05, 0.1) is 10.9 Å². The highest BCUT2D eigenvalue weighted by Crippen LogP contribution is 2.51. The molecule has 31 heavy (non-hydrogen) atoms. The molecule has 2 heterocycles. The van der Waals surface area contributed by atoms with Crippen LogP contribution in [0.4, 0.5) is 5.69 Å². The van der Waals surface area contributed by atoms with Crippen LogP contribution in [0.5, 0.6) is 0 Å². The summed E-state index contributed by atoms with van der Waals surface area (Å²) >= 11 is 12.6. The van der Waals surface area contributed by atoms with Crippen molar-refractivity contribution >= 4 is 38.9 Å². The van der Waals surface area contributed by atoms with Crippen LogP contribution in [0.3, 0.4) is 0 Å². The molecule has 1 N–H and O–H groups in total.